The first kappa shape index (κ1) is 23.3. The maximum absolute atomic E-state index is 8.77. The Morgan fingerprint density at radius 3 is 1.82 bits per heavy atom. The third-order valence-electron chi connectivity index (χ3n) is 9.56. The molecule has 51 heavy (non-hydrogen) atoms. The fraction of sp³-hybridized carbons (Fsp3) is 0. The van der Waals surface area contributed by atoms with E-state index in [1.165, 1.54) is 0 Å². The Morgan fingerprint density at radius 1 is 0.451 bits per heavy atom. The lowest BCUT2D eigenvalue weighted by Crippen LogP contribution is -2.00. The quantitative estimate of drug-likeness (QED) is 0.188. The fourth-order valence-electron chi connectivity index (χ4n) is 7.30. The Morgan fingerprint density at radius 2 is 1.04 bits per heavy atom. The van der Waals surface area contributed by atoms with Crippen molar-refractivity contribution in [3.8, 4) is 39.9 Å². The summed E-state index contributed by atoms with van der Waals surface area (Å²) in [6.07, 6.45) is 0. The van der Waals surface area contributed by atoms with Crippen LogP contribution in [-0.4, -0.2) is 19.5 Å². The smallest absolute Gasteiger partial charge is 0.167 e. The van der Waals surface area contributed by atoms with Gasteiger partial charge in [-0.1, -0.05) is 115 Å². The number of rotatable bonds is 4. The van der Waals surface area contributed by atoms with Gasteiger partial charge < -0.3 is 13.4 Å². The number of benzene rings is 7. The molecule has 0 radical (unpaired) electrons. The molecule has 4 aromatic heterocycles. The number of hydrogen-bond donors (Lipinski definition) is 0. The van der Waals surface area contributed by atoms with Crippen LogP contribution < -0.4 is 0 Å². The molecule has 0 atom stereocenters. The van der Waals surface area contributed by atoms with E-state index in [0.717, 1.165) is 54.6 Å². The highest BCUT2D eigenvalue weighted by molar-refractivity contribution is 6.13. The molecular weight excluding hydrogens is 629 g/mol. The predicted octanol–water partition coefficient (Wildman–Crippen LogP) is 11.8. The van der Waals surface area contributed by atoms with Crippen molar-refractivity contribution in [3.63, 3.8) is 0 Å². The standard InChI is InChI=1S/C45H26N4O2/c1-2-12-27(13-3-1)43-46-44(48-45(47-43)35-19-10-17-33-31-16-6-9-23-39(31)50-41(33)35)28-24-25-32-34-18-11-22-38(42(34)51-40(32)26-28)49-36-20-7-4-14-29(36)30-15-5-8-21-37(30)49/h1-26H/i1D,2D,3D,12D,13D. The lowest BCUT2D eigenvalue weighted by Gasteiger charge is -2.08. The molecule has 0 saturated heterocycles. The molecule has 11 aromatic rings. The molecule has 0 unspecified atom stereocenters. The second-order valence-electron chi connectivity index (χ2n) is 12.4. The minimum atomic E-state index is -0.499. The van der Waals surface area contributed by atoms with Gasteiger partial charge in [0.05, 0.1) is 29.1 Å². The third-order valence-corrected chi connectivity index (χ3v) is 9.56. The fourth-order valence-corrected chi connectivity index (χ4v) is 7.30. The molecule has 6 nitrogen and oxygen atoms in total. The molecule has 0 aliphatic carbocycles. The number of para-hydroxylation sites is 5. The lowest BCUT2D eigenvalue weighted by atomic mass is 10.1. The zero-order valence-corrected chi connectivity index (χ0v) is 26.7. The first-order valence-electron chi connectivity index (χ1n) is 19.0. The average molecular weight is 660 g/mol. The van der Waals surface area contributed by atoms with Crippen LogP contribution in [0.1, 0.15) is 6.85 Å². The van der Waals surface area contributed by atoms with E-state index in [0.29, 0.717) is 27.9 Å². The van der Waals surface area contributed by atoms with Crippen LogP contribution >= 0.6 is 0 Å². The summed E-state index contributed by atoms with van der Waals surface area (Å²) in [5, 5.41) is 5.94. The van der Waals surface area contributed by atoms with Gasteiger partial charge in [0.1, 0.15) is 16.7 Å². The van der Waals surface area contributed by atoms with Gasteiger partial charge in [-0.25, -0.2) is 15.0 Å². The highest BCUT2D eigenvalue weighted by atomic mass is 16.3. The van der Waals surface area contributed by atoms with E-state index < -0.39 is 30.2 Å². The van der Waals surface area contributed by atoms with Gasteiger partial charge in [-0.3, -0.25) is 0 Å². The monoisotopic (exact) mass is 659 g/mol. The number of aromatic nitrogens is 4. The molecule has 4 heterocycles. The number of hydrogen-bond acceptors (Lipinski definition) is 5. The maximum Gasteiger partial charge on any atom is 0.167 e. The molecule has 238 valence electrons. The maximum atomic E-state index is 8.77. The largest absolute Gasteiger partial charge is 0.455 e. The number of nitrogens with zero attached hydrogens (tertiary/aromatic N) is 4. The SMILES string of the molecule is [2H]c1c([2H])c([2H])c(-c2nc(-c3ccc4c(c3)oc3c(-n5c6ccccc6c6ccccc65)cccc34)nc(-c3cccc4c3oc3ccccc34)n2)c([2H])c1[2H]. The highest BCUT2D eigenvalue weighted by Crippen LogP contribution is 2.40. The van der Waals surface area contributed by atoms with E-state index in [2.05, 4.69) is 47.0 Å². The van der Waals surface area contributed by atoms with E-state index >= 15 is 0 Å². The van der Waals surface area contributed by atoms with Gasteiger partial charge in [-0.2, -0.15) is 0 Å². The van der Waals surface area contributed by atoms with Crippen molar-refractivity contribution in [1.82, 2.24) is 19.5 Å². The molecule has 0 fully saturated rings. The van der Waals surface area contributed by atoms with Crippen molar-refractivity contribution >= 4 is 65.7 Å². The second kappa shape index (κ2) is 10.7. The Kier molecular flexibility index (Phi) is 4.91. The van der Waals surface area contributed by atoms with Gasteiger partial charge >= 0.3 is 0 Å². The Hall–Kier alpha value is -7.05. The first-order valence-corrected chi connectivity index (χ1v) is 16.5. The summed E-state index contributed by atoms with van der Waals surface area (Å²) in [5.41, 5.74) is 6.66. The van der Waals surface area contributed by atoms with Crippen molar-refractivity contribution in [2.75, 3.05) is 0 Å². The van der Waals surface area contributed by atoms with Gasteiger partial charge in [0.25, 0.3) is 0 Å². The first-order chi connectivity index (χ1) is 27.4. The Labute approximate surface area is 297 Å². The molecule has 11 rings (SSSR count). The van der Waals surface area contributed by atoms with E-state index in [1.54, 1.807) is 0 Å². The van der Waals surface area contributed by atoms with E-state index in [1.807, 2.05) is 84.9 Å². The molecular formula is C45H26N4O2. The van der Waals surface area contributed by atoms with E-state index in [9.17, 15) is 0 Å². The van der Waals surface area contributed by atoms with Crippen LogP contribution in [0.25, 0.3) is 106 Å². The summed E-state index contributed by atoms with van der Waals surface area (Å²) in [5.74, 6) is 0.392. The van der Waals surface area contributed by atoms with Crippen LogP contribution in [0.2, 0.25) is 0 Å². The van der Waals surface area contributed by atoms with Gasteiger partial charge in [-0.15, -0.1) is 0 Å². The predicted molar refractivity (Wildman–Crippen MR) is 205 cm³/mol. The third kappa shape index (κ3) is 4.20. The summed E-state index contributed by atoms with van der Waals surface area (Å²) < 4.78 is 57.8. The second-order valence-corrected chi connectivity index (χ2v) is 12.4. The molecule has 0 spiro atoms. The summed E-state index contributed by atoms with van der Waals surface area (Å²) in [6.45, 7) is 0. The van der Waals surface area contributed by atoms with Crippen molar-refractivity contribution in [2.24, 2.45) is 0 Å². The van der Waals surface area contributed by atoms with Crippen LogP contribution in [0.5, 0.6) is 0 Å². The van der Waals surface area contributed by atoms with Crippen molar-refractivity contribution in [1.29, 1.82) is 0 Å². The van der Waals surface area contributed by atoms with Gasteiger partial charge in [0.15, 0.2) is 23.1 Å². The molecule has 0 bridgehead atoms. The number of fused-ring (bicyclic) bond motifs is 9. The molecule has 0 aliphatic heterocycles. The Balaban J connectivity index is 1.15. The molecule has 0 N–H and O–H groups in total. The van der Waals surface area contributed by atoms with Gasteiger partial charge in [0, 0.05) is 43.4 Å². The minimum Gasteiger partial charge on any atom is -0.455 e. The summed E-state index contributed by atoms with van der Waals surface area (Å²) >= 11 is 0. The van der Waals surface area contributed by atoms with Crippen LogP contribution in [-0.2, 0) is 0 Å². The molecule has 7 aromatic carbocycles. The lowest BCUT2D eigenvalue weighted by molar-refractivity contribution is 0.666. The zero-order chi connectivity index (χ0) is 37.8. The normalized spacial score (nSPS) is 13.3. The van der Waals surface area contributed by atoms with Gasteiger partial charge in [0.2, 0.25) is 0 Å². The van der Waals surface area contributed by atoms with Crippen LogP contribution in [0.3, 0.4) is 0 Å². The molecule has 0 amide bonds. The van der Waals surface area contributed by atoms with Crippen LogP contribution in [0.4, 0.5) is 0 Å². The van der Waals surface area contributed by atoms with Gasteiger partial charge in [-0.05, 0) is 42.5 Å². The zero-order valence-electron chi connectivity index (χ0n) is 31.7. The Bertz CT molecular complexity index is 3380. The molecule has 0 saturated carbocycles. The summed E-state index contributed by atoms with van der Waals surface area (Å²) in [7, 11) is 0. The summed E-state index contributed by atoms with van der Waals surface area (Å²) in [6, 6.07) is 39.7. The highest BCUT2D eigenvalue weighted by Gasteiger charge is 2.20. The van der Waals surface area contributed by atoms with Crippen molar-refractivity contribution in [2.45, 2.75) is 0 Å². The number of furan rings is 2. The minimum absolute atomic E-state index is 0.0616. The van der Waals surface area contributed by atoms with Crippen molar-refractivity contribution < 1.29 is 15.7 Å². The average Bonchev–Trinajstić information content (AvgIpc) is 3.91. The molecule has 6 heteroatoms. The summed E-state index contributed by atoms with van der Waals surface area (Å²) in [4.78, 5) is 14.5. The van der Waals surface area contributed by atoms with E-state index in [4.69, 9.17) is 30.6 Å². The van der Waals surface area contributed by atoms with E-state index in [-0.39, 0.29) is 23.0 Å². The van der Waals surface area contributed by atoms with Crippen LogP contribution in [0, 0.1) is 0 Å². The topological polar surface area (TPSA) is 69.9 Å². The van der Waals surface area contributed by atoms with Crippen molar-refractivity contribution in [3.05, 3.63) is 158 Å². The molecule has 0 aliphatic rings. The van der Waals surface area contributed by atoms with Crippen LogP contribution in [0.15, 0.2) is 166 Å².